The molecule has 1 heterocycles. The molecule has 8 heteroatoms. The van der Waals surface area contributed by atoms with Crippen LogP contribution in [0, 0.1) is 10.1 Å². The Kier molecular flexibility index (Phi) is 6.24. The van der Waals surface area contributed by atoms with Crippen LogP contribution < -0.4 is 5.56 Å². The standard InChI is InChI=1S/C17H22N4O4/c1-4-5-15-16(12(2)18-10-11-25-3)17(22)20(19-15)13-6-8-14(9-7-13)21(23)24/h6-9,19H,4-5,10-11H2,1-3H3. The number of aromatic nitrogens is 2. The number of rotatable bonds is 8. The van der Waals surface area contributed by atoms with Crippen LogP contribution in [0.4, 0.5) is 5.69 Å². The Morgan fingerprint density at radius 1 is 1.36 bits per heavy atom. The fourth-order valence-electron chi connectivity index (χ4n) is 2.58. The smallest absolute Gasteiger partial charge is 0.280 e. The van der Waals surface area contributed by atoms with Crippen LogP contribution in [0.3, 0.4) is 0 Å². The lowest BCUT2D eigenvalue weighted by Gasteiger charge is -2.01. The van der Waals surface area contributed by atoms with Gasteiger partial charge in [-0.1, -0.05) is 13.3 Å². The zero-order valence-electron chi connectivity index (χ0n) is 14.6. The van der Waals surface area contributed by atoms with Gasteiger partial charge in [0.1, 0.15) is 0 Å². The maximum absolute atomic E-state index is 12.8. The van der Waals surface area contributed by atoms with E-state index in [0.717, 1.165) is 12.1 Å². The number of aromatic amines is 1. The van der Waals surface area contributed by atoms with E-state index in [1.807, 2.05) is 6.92 Å². The minimum atomic E-state index is -0.470. The van der Waals surface area contributed by atoms with Crippen LogP contribution >= 0.6 is 0 Å². The van der Waals surface area contributed by atoms with Gasteiger partial charge in [0, 0.05) is 30.6 Å². The third kappa shape index (κ3) is 4.21. The number of H-pyrrole nitrogens is 1. The molecule has 2 rings (SSSR count). The lowest BCUT2D eigenvalue weighted by Crippen LogP contribution is -2.20. The molecule has 25 heavy (non-hydrogen) atoms. The SMILES string of the molecule is CCCc1[nH]n(-c2ccc([N+](=O)[O-])cc2)c(=O)c1C(C)=NCCOC. The van der Waals surface area contributed by atoms with Crippen molar-refractivity contribution in [1.29, 1.82) is 0 Å². The molecular weight excluding hydrogens is 324 g/mol. The van der Waals surface area contributed by atoms with E-state index >= 15 is 0 Å². The summed E-state index contributed by atoms with van der Waals surface area (Å²) in [7, 11) is 1.60. The summed E-state index contributed by atoms with van der Waals surface area (Å²) in [5, 5.41) is 13.9. The molecule has 2 aromatic rings. The molecule has 1 aromatic carbocycles. The van der Waals surface area contributed by atoms with Crippen LogP contribution in [0.2, 0.25) is 0 Å². The molecule has 0 unspecified atom stereocenters. The summed E-state index contributed by atoms with van der Waals surface area (Å²) in [6.07, 6.45) is 1.58. The van der Waals surface area contributed by atoms with E-state index in [4.69, 9.17) is 4.74 Å². The van der Waals surface area contributed by atoms with Crippen molar-refractivity contribution in [1.82, 2.24) is 9.78 Å². The number of nitrogens with zero attached hydrogens (tertiary/aromatic N) is 3. The van der Waals surface area contributed by atoms with Crippen molar-refractivity contribution in [3.8, 4) is 5.69 Å². The monoisotopic (exact) mass is 346 g/mol. The highest BCUT2D eigenvalue weighted by Crippen LogP contribution is 2.15. The van der Waals surface area contributed by atoms with Gasteiger partial charge in [-0.2, -0.15) is 0 Å². The molecule has 0 bridgehead atoms. The Morgan fingerprint density at radius 2 is 2.04 bits per heavy atom. The number of non-ortho nitro benzene ring substituents is 1. The maximum Gasteiger partial charge on any atom is 0.280 e. The molecule has 0 atom stereocenters. The lowest BCUT2D eigenvalue weighted by atomic mass is 10.1. The minimum Gasteiger partial charge on any atom is -0.383 e. The first kappa shape index (κ1) is 18.6. The van der Waals surface area contributed by atoms with E-state index in [9.17, 15) is 14.9 Å². The minimum absolute atomic E-state index is 0.0188. The van der Waals surface area contributed by atoms with Gasteiger partial charge in [-0.25, -0.2) is 4.68 Å². The van der Waals surface area contributed by atoms with Gasteiger partial charge in [-0.05, 0) is 25.5 Å². The van der Waals surface area contributed by atoms with Crippen molar-refractivity contribution in [3.63, 3.8) is 0 Å². The van der Waals surface area contributed by atoms with Gasteiger partial charge in [0.2, 0.25) is 0 Å². The van der Waals surface area contributed by atoms with Crippen LogP contribution in [0.25, 0.3) is 5.69 Å². The molecule has 0 spiro atoms. The first-order chi connectivity index (χ1) is 12.0. The van der Waals surface area contributed by atoms with E-state index in [0.29, 0.717) is 36.5 Å². The molecular formula is C17H22N4O4. The number of hydrogen-bond acceptors (Lipinski definition) is 5. The second-order valence-electron chi connectivity index (χ2n) is 5.59. The average Bonchev–Trinajstić information content (AvgIpc) is 2.92. The van der Waals surface area contributed by atoms with E-state index < -0.39 is 4.92 Å². The highest BCUT2D eigenvalue weighted by atomic mass is 16.6. The average molecular weight is 346 g/mol. The second kappa shape index (κ2) is 8.39. The van der Waals surface area contributed by atoms with Crippen molar-refractivity contribution >= 4 is 11.4 Å². The second-order valence-corrected chi connectivity index (χ2v) is 5.59. The largest absolute Gasteiger partial charge is 0.383 e. The van der Waals surface area contributed by atoms with Gasteiger partial charge in [0.25, 0.3) is 11.2 Å². The molecule has 8 nitrogen and oxygen atoms in total. The van der Waals surface area contributed by atoms with Crippen LogP contribution in [-0.4, -0.2) is 40.7 Å². The summed E-state index contributed by atoms with van der Waals surface area (Å²) in [6.45, 7) is 4.81. The summed E-state index contributed by atoms with van der Waals surface area (Å²) >= 11 is 0. The quantitative estimate of drug-likeness (QED) is 0.343. The highest BCUT2D eigenvalue weighted by Gasteiger charge is 2.17. The summed E-state index contributed by atoms with van der Waals surface area (Å²) < 4.78 is 6.39. The molecule has 1 N–H and O–H groups in total. The molecule has 0 saturated heterocycles. The number of aryl methyl sites for hydroxylation is 1. The highest BCUT2D eigenvalue weighted by molar-refractivity contribution is 5.99. The topological polar surface area (TPSA) is 103 Å². The molecule has 0 fully saturated rings. The van der Waals surface area contributed by atoms with Crippen LogP contribution in [0.5, 0.6) is 0 Å². The zero-order chi connectivity index (χ0) is 18.4. The Balaban J connectivity index is 2.46. The summed E-state index contributed by atoms with van der Waals surface area (Å²) in [4.78, 5) is 27.6. The zero-order valence-corrected chi connectivity index (χ0v) is 14.6. The third-order valence-corrected chi connectivity index (χ3v) is 3.79. The molecule has 1 aromatic heterocycles. The number of methoxy groups -OCH3 is 1. The van der Waals surface area contributed by atoms with Crippen molar-refractivity contribution in [3.05, 3.63) is 56.0 Å². The molecule has 134 valence electrons. The van der Waals surface area contributed by atoms with Crippen LogP contribution in [0.1, 0.15) is 31.5 Å². The summed E-state index contributed by atoms with van der Waals surface area (Å²) in [6, 6.07) is 5.85. The number of ether oxygens (including phenoxy) is 1. The maximum atomic E-state index is 12.8. The number of nitro groups is 1. The molecule has 0 saturated carbocycles. The number of nitrogens with one attached hydrogen (secondary N) is 1. The van der Waals surface area contributed by atoms with Gasteiger partial charge in [0.05, 0.1) is 29.3 Å². The van der Waals surface area contributed by atoms with Gasteiger partial charge in [-0.15, -0.1) is 0 Å². The molecule has 0 radical (unpaired) electrons. The summed E-state index contributed by atoms with van der Waals surface area (Å²) in [5.74, 6) is 0. The van der Waals surface area contributed by atoms with E-state index in [1.165, 1.54) is 16.8 Å². The lowest BCUT2D eigenvalue weighted by molar-refractivity contribution is -0.384. The molecule has 0 amide bonds. The summed E-state index contributed by atoms with van der Waals surface area (Å²) in [5.41, 5.74) is 2.33. The van der Waals surface area contributed by atoms with E-state index in [2.05, 4.69) is 10.1 Å². The van der Waals surface area contributed by atoms with Crippen LogP contribution in [0.15, 0.2) is 34.1 Å². The fourth-order valence-corrected chi connectivity index (χ4v) is 2.58. The Morgan fingerprint density at radius 3 is 2.60 bits per heavy atom. The van der Waals surface area contributed by atoms with Crippen molar-refractivity contribution in [2.75, 3.05) is 20.3 Å². The van der Waals surface area contributed by atoms with E-state index in [1.54, 1.807) is 26.2 Å². The van der Waals surface area contributed by atoms with Crippen molar-refractivity contribution in [2.24, 2.45) is 4.99 Å². The molecule has 0 aliphatic heterocycles. The fraction of sp³-hybridized carbons (Fsp3) is 0.412. The Bertz CT molecular complexity index is 818. The van der Waals surface area contributed by atoms with Gasteiger partial charge in [0.15, 0.2) is 0 Å². The number of benzene rings is 1. The third-order valence-electron chi connectivity index (χ3n) is 3.79. The number of nitro benzene ring substituents is 1. The predicted molar refractivity (Wildman–Crippen MR) is 96.0 cm³/mol. The van der Waals surface area contributed by atoms with Crippen molar-refractivity contribution in [2.45, 2.75) is 26.7 Å². The first-order valence-corrected chi connectivity index (χ1v) is 8.08. The van der Waals surface area contributed by atoms with Gasteiger partial charge < -0.3 is 4.74 Å². The Labute approximate surface area is 145 Å². The predicted octanol–water partition coefficient (Wildman–Crippen LogP) is 2.48. The Hall–Kier alpha value is -2.74. The molecule has 0 aliphatic rings. The number of aliphatic imine (C=N–C) groups is 1. The van der Waals surface area contributed by atoms with Crippen molar-refractivity contribution < 1.29 is 9.66 Å². The van der Waals surface area contributed by atoms with Gasteiger partial charge in [-0.3, -0.25) is 25.0 Å². The first-order valence-electron chi connectivity index (χ1n) is 8.08. The normalized spacial score (nSPS) is 11.7. The molecule has 0 aliphatic carbocycles. The van der Waals surface area contributed by atoms with E-state index in [-0.39, 0.29) is 11.2 Å². The van der Waals surface area contributed by atoms with Crippen LogP contribution in [-0.2, 0) is 11.2 Å². The van der Waals surface area contributed by atoms with Gasteiger partial charge >= 0.3 is 0 Å². The number of hydrogen-bond donors (Lipinski definition) is 1.